The highest BCUT2D eigenvalue weighted by Crippen LogP contribution is 2.31. The molecule has 0 unspecified atom stereocenters. The highest BCUT2D eigenvalue weighted by Gasteiger charge is 2.39. The molecule has 6 nitrogen and oxygen atoms in total. The fraction of sp³-hybridized carbons (Fsp3) is 0.696. The number of methoxy groups -OCH3 is 1. The van der Waals surface area contributed by atoms with E-state index >= 15 is 0 Å². The van der Waals surface area contributed by atoms with Gasteiger partial charge in [-0.25, -0.2) is 0 Å². The number of piperidine rings is 2. The minimum Gasteiger partial charge on any atom is -0.497 e. The second kappa shape index (κ2) is 10.3. The van der Waals surface area contributed by atoms with Gasteiger partial charge in [-0.1, -0.05) is 18.6 Å². The monoisotopic (exact) mass is 401 g/mol. The Morgan fingerprint density at radius 1 is 1.10 bits per heavy atom. The summed E-state index contributed by atoms with van der Waals surface area (Å²) in [6.45, 7) is 6.64. The van der Waals surface area contributed by atoms with E-state index < -0.39 is 0 Å². The standard InChI is InChI=1S/C23H39N5O/c1-24-22(27(3)18-20-8-10-21(29-4)11-9-20)25-19-23(12-16-26(2)17-13-23)28-14-6-5-7-15-28/h8-11H,5-7,12-19H2,1-4H3,(H,24,25). The molecule has 29 heavy (non-hydrogen) atoms. The molecule has 0 aromatic heterocycles. The van der Waals surface area contributed by atoms with E-state index in [1.54, 1.807) is 7.11 Å². The van der Waals surface area contributed by atoms with Gasteiger partial charge in [0.25, 0.3) is 0 Å². The van der Waals surface area contributed by atoms with Crippen LogP contribution in [0.25, 0.3) is 0 Å². The molecule has 162 valence electrons. The zero-order chi connectivity index (χ0) is 20.7. The Morgan fingerprint density at radius 3 is 2.34 bits per heavy atom. The van der Waals surface area contributed by atoms with Crippen LogP contribution in [0.5, 0.6) is 5.75 Å². The molecule has 2 fully saturated rings. The lowest BCUT2D eigenvalue weighted by atomic mass is 9.84. The maximum absolute atomic E-state index is 5.27. The minimum absolute atomic E-state index is 0.254. The van der Waals surface area contributed by atoms with Gasteiger partial charge in [-0.2, -0.15) is 0 Å². The van der Waals surface area contributed by atoms with Gasteiger partial charge in [-0.15, -0.1) is 0 Å². The molecule has 0 aliphatic carbocycles. The summed E-state index contributed by atoms with van der Waals surface area (Å²) in [6.07, 6.45) is 6.52. The van der Waals surface area contributed by atoms with E-state index in [2.05, 4.69) is 51.2 Å². The molecule has 0 radical (unpaired) electrons. The number of nitrogens with zero attached hydrogens (tertiary/aromatic N) is 4. The summed E-state index contributed by atoms with van der Waals surface area (Å²) < 4.78 is 5.27. The van der Waals surface area contributed by atoms with Crippen molar-refractivity contribution in [3.05, 3.63) is 29.8 Å². The number of hydrogen-bond donors (Lipinski definition) is 1. The average Bonchev–Trinajstić information content (AvgIpc) is 2.77. The van der Waals surface area contributed by atoms with Crippen LogP contribution in [-0.4, -0.2) is 87.2 Å². The lowest BCUT2D eigenvalue weighted by Gasteiger charge is -2.50. The summed E-state index contributed by atoms with van der Waals surface area (Å²) in [6, 6.07) is 8.27. The lowest BCUT2D eigenvalue weighted by molar-refractivity contribution is 0.0170. The fourth-order valence-electron chi connectivity index (χ4n) is 4.72. The third kappa shape index (κ3) is 5.64. The van der Waals surface area contributed by atoms with Crippen molar-refractivity contribution < 1.29 is 4.74 Å². The quantitative estimate of drug-likeness (QED) is 0.586. The molecule has 2 aliphatic heterocycles. The third-order valence-corrected chi connectivity index (χ3v) is 6.67. The maximum Gasteiger partial charge on any atom is 0.193 e. The van der Waals surface area contributed by atoms with Crippen LogP contribution in [0.1, 0.15) is 37.7 Å². The Labute approximate surface area is 176 Å². The van der Waals surface area contributed by atoms with Crippen LogP contribution in [-0.2, 0) is 6.54 Å². The summed E-state index contributed by atoms with van der Waals surface area (Å²) in [5.41, 5.74) is 1.50. The predicted molar refractivity (Wildman–Crippen MR) is 121 cm³/mol. The molecule has 3 rings (SSSR count). The third-order valence-electron chi connectivity index (χ3n) is 6.67. The van der Waals surface area contributed by atoms with Gasteiger partial charge in [0.2, 0.25) is 0 Å². The Morgan fingerprint density at radius 2 is 1.76 bits per heavy atom. The minimum atomic E-state index is 0.254. The maximum atomic E-state index is 5.27. The first-order valence-electron chi connectivity index (χ1n) is 11.0. The normalized spacial score (nSPS) is 21.0. The number of hydrogen-bond acceptors (Lipinski definition) is 4. The Balaban J connectivity index is 1.63. The van der Waals surface area contributed by atoms with Gasteiger partial charge in [0.15, 0.2) is 5.96 Å². The number of benzene rings is 1. The first kappa shape index (κ1) is 21.9. The largest absolute Gasteiger partial charge is 0.497 e. The smallest absolute Gasteiger partial charge is 0.193 e. The van der Waals surface area contributed by atoms with Gasteiger partial charge in [-0.3, -0.25) is 9.89 Å². The molecule has 2 aliphatic rings. The van der Waals surface area contributed by atoms with Crippen molar-refractivity contribution in [1.29, 1.82) is 0 Å². The number of likely N-dealkylation sites (tertiary alicyclic amines) is 2. The fourth-order valence-corrected chi connectivity index (χ4v) is 4.72. The molecule has 1 aromatic carbocycles. The molecule has 1 N–H and O–H groups in total. The van der Waals surface area contributed by atoms with E-state index in [0.29, 0.717) is 0 Å². The second-order valence-electron chi connectivity index (χ2n) is 8.68. The van der Waals surface area contributed by atoms with E-state index in [4.69, 9.17) is 4.74 Å². The Kier molecular flexibility index (Phi) is 7.78. The van der Waals surface area contributed by atoms with Crippen molar-refractivity contribution in [3.63, 3.8) is 0 Å². The zero-order valence-electron chi connectivity index (χ0n) is 18.8. The van der Waals surface area contributed by atoms with Crippen LogP contribution in [0.4, 0.5) is 0 Å². The van der Waals surface area contributed by atoms with E-state index in [1.807, 2.05) is 19.2 Å². The molecular weight excluding hydrogens is 362 g/mol. The van der Waals surface area contributed by atoms with Gasteiger partial charge < -0.3 is 19.9 Å². The van der Waals surface area contributed by atoms with Crippen LogP contribution >= 0.6 is 0 Å². The number of ether oxygens (including phenoxy) is 1. The van der Waals surface area contributed by atoms with E-state index in [-0.39, 0.29) is 5.54 Å². The highest BCUT2D eigenvalue weighted by molar-refractivity contribution is 5.79. The molecule has 0 bridgehead atoms. The molecule has 0 spiro atoms. The van der Waals surface area contributed by atoms with Gasteiger partial charge in [0.05, 0.1) is 7.11 Å². The molecular formula is C23H39N5O. The molecule has 6 heteroatoms. The van der Waals surface area contributed by atoms with Crippen LogP contribution in [0.15, 0.2) is 29.3 Å². The SMILES string of the molecule is CN=C(NCC1(N2CCCCC2)CCN(C)CC1)N(C)Cc1ccc(OC)cc1. The van der Waals surface area contributed by atoms with Crippen molar-refractivity contribution in [3.8, 4) is 5.75 Å². The van der Waals surface area contributed by atoms with E-state index in [9.17, 15) is 0 Å². The summed E-state index contributed by atoms with van der Waals surface area (Å²) in [5, 5.41) is 3.73. The van der Waals surface area contributed by atoms with Crippen molar-refractivity contribution in [2.24, 2.45) is 4.99 Å². The van der Waals surface area contributed by atoms with Crippen molar-refractivity contribution in [2.75, 3.05) is 61.0 Å². The van der Waals surface area contributed by atoms with Crippen molar-refractivity contribution in [1.82, 2.24) is 20.0 Å². The van der Waals surface area contributed by atoms with Gasteiger partial charge in [0, 0.05) is 32.7 Å². The number of guanidine groups is 1. The molecule has 2 heterocycles. The number of aliphatic imine (C=N–C) groups is 1. The second-order valence-corrected chi connectivity index (χ2v) is 8.68. The predicted octanol–water partition coefficient (Wildman–Crippen LogP) is 2.65. The Hall–Kier alpha value is -1.79. The van der Waals surface area contributed by atoms with Crippen LogP contribution < -0.4 is 10.1 Å². The Bertz CT molecular complexity index is 646. The van der Waals surface area contributed by atoms with Gasteiger partial charge >= 0.3 is 0 Å². The first-order chi connectivity index (χ1) is 14.1. The summed E-state index contributed by atoms with van der Waals surface area (Å²) in [7, 11) is 7.94. The van der Waals surface area contributed by atoms with E-state index in [0.717, 1.165) is 24.8 Å². The molecule has 0 amide bonds. The van der Waals surface area contributed by atoms with Crippen LogP contribution in [0.2, 0.25) is 0 Å². The number of rotatable bonds is 6. The average molecular weight is 402 g/mol. The molecule has 1 aromatic rings. The zero-order valence-corrected chi connectivity index (χ0v) is 18.8. The summed E-state index contributed by atoms with van der Waals surface area (Å²) in [5.74, 6) is 1.86. The van der Waals surface area contributed by atoms with Crippen LogP contribution in [0, 0.1) is 0 Å². The van der Waals surface area contributed by atoms with E-state index in [1.165, 1.54) is 63.8 Å². The summed E-state index contributed by atoms with van der Waals surface area (Å²) in [4.78, 5) is 12.0. The molecule has 0 atom stereocenters. The van der Waals surface area contributed by atoms with Gasteiger partial charge in [-0.05, 0) is 76.6 Å². The van der Waals surface area contributed by atoms with Crippen LogP contribution in [0.3, 0.4) is 0 Å². The van der Waals surface area contributed by atoms with Crippen molar-refractivity contribution >= 4 is 5.96 Å². The molecule has 0 saturated carbocycles. The number of nitrogens with one attached hydrogen (secondary N) is 1. The van der Waals surface area contributed by atoms with Gasteiger partial charge in [0.1, 0.15) is 5.75 Å². The van der Waals surface area contributed by atoms with Crippen molar-refractivity contribution in [2.45, 2.75) is 44.2 Å². The highest BCUT2D eigenvalue weighted by atomic mass is 16.5. The molecule has 2 saturated heterocycles. The lowest BCUT2D eigenvalue weighted by Crippen LogP contribution is -2.62. The topological polar surface area (TPSA) is 43.3 Å². The summed E-state index contributed by atoms with van der Waals surface area (Å²) >= 11 is 0. The first-order valence-corrected chi connectivity index (χ1v) is 11.0.